The summed E-state index contributed by atoms with van der Waals surface area (Å²) < 4.78 is 27.5. The van der Waals surface area contributed by atoms with Crippen molar-refractivity contribution in [1.82, 2.24) is 5.32 Å². The molecule has 2 aliphatic carbocycles. The molecule has 28 heavy (non-hydrogen) atoms. The lowest BCUT2D eigenvalue weighted by Crippen LogP contribution is -2.40. The molecule has 0 aliphatic heterocycles. The molecule has 0 spiro atoms. The first-order valence-corrected chi connectivity index (χ1v) is 11.4. The Morgan fingerprint density at radius 2 is 1.71 bits per heavy atom. The van der Waals surface area contributed by atoms with E-state index in [0.29, 0.717) is 17.2 Å². The summed E-state index contributed by atoms with van der Waals surface area (Å²) in [6.07, 6.45) is 5.16. The van der Waals surface area contributed by atoms with Gasteiger partial charge in [-0.1, -0.05) is 24.6 Å². The van der Waals surface area contributed by atoms with Gasteiger partial charge in [0.05, 0.1) is 4.90 Å². The summed E-state index contributed by atoms with van der Waals surface area (Å²) in [5.74, 6) is 2.01. The Bertz CT molecular complexity index is 942. The Morgan fingerprint density at radius 1 is 1.00 bits per heavy atom. The number of carbonyl (C=O) groups is 1. The highest BCUT2D eigenvalue weighted by atomic mass is 32.2. The van der Waals surface area contributed by atoms with Crippen molar-refractivity contribution >= 4 is 21.6 Å². The van der Waals surface area contributed by atoms with Gasteiger partial charge in [-0.05, 0) is 80.3 Å². The number of benzene rings is 2. The maximum absolute atomic E-state index is 12.6. The highest BCUT2D eigenvalue weighted by Gasteiger charge is 2.42. The van der Waals surface area contributed by atoms with Gasteiger partial charge in [-0.15, -0.1) is 0 Å². The quantitative estimate of drug-likeness (QED) is 0.771. The standard InChI is InChI=1S/C22H26N2O3S/c1-15(21-14-16-7-8-18(21)13-16)23-22(25)17-9-11-20(12-10-17)28(26,27)24-19-5-3-2-4-6-19/h2-6,9-12,15-16,18,21,24H,7-8,13-14H2,1H3,(H,23,25). The Kier molecular flexibility index (Phi) is 5.15. The third-order valence-corrected chi connectivity index (χ3v) is 7.64. The number of amides is 1. The molecule has 148 valence electrons. The van der Waals surface area contributed by atoms with Gasteiger partial charge in [0.15, 0.2) is 0 Å². The fourth-order valence-corrected chi connectivity index (χ4v) is 5.87. The summed E-state index contributed by atoms with van der Waals surface area (Å²) in [6.45, 7) is 2.09. The molecule has 1 amide bonds. The monoisotopic (exact) mass is 398 g/mol. The van der Waals surface area contributed by atoms with Crippen LogP contribution in [-0.4, -0.2) is 20.4 Å². The number of carbonyl (C=O) groups excluding carboxylic acids is 1. The molecule has 2 N–H and O–H groups in total. The molecule has 0 radical (unpaired) electrons. The van der Waals surface area contributed by atoms with E-state index in [1.165, 1.54) is 37.8 Å². The highest BCUT2D eigenvalue weighted by molar-refractivity contribution is 7.92. The molecule has 4 rings (SSSR count). The maximum Gasteiger partial charge on any atom is 0.261 e. The predicted molar refractivity (Wildman–Crippen MR) is 110 cm³/mol. The molecule has 0 heterocycles. The topological polar surface area (TPSA) is 75.3 Å². The number of hydrogen-bond acceptors (Lipinski definition) is 3. The molecular weight excluding hydrogens is 372 g/mol. The van der Waals surface area contributed by atoms with E-state index in [2.05, 4.69) is 17.0 Å². The molecule has 2 aromatic carbocycles. The van der Waals surface area contributed by atoms with Gasteiger partial charge < -0.3 is 5.32 Å². The van der Waals surface area contributed by atoms with Crippen LogP contribution < -0.4 is 10.0 Å². The molecule has 4 unspecified atom stereocenters. The van der Waals surface area contributed by atoms with Crippen LogP contribution >= 0.6 is 0 Å². The summed E-state index contributed by atoms with van der Waals surface area (Å²) in [4.78, 5) is 12.7. The van der Waals surface area contributed by atoms with Crippen LogP contribution in [-0.2, 0) is 10.0 Å². The van der Waals surface area contributed by atoms with Crippen molar-refractivity contribution in [3.8, 4) is 0 Å². The zero-order valence-electron chi connectivity index (χ0n) is 16.0. The summed E-state index contributed by atoms with van der Waals surface area (Å²) in [5.41, 5.74) is 0.984. The molecular formula is C22H26N2O3S. The number of sulfonamides is 1. The first kappa shape index (κ1) is 19.0. The zero-order chi connectivity index (χ0) is 19.7. The summed E-state index contributed by atoms with van der Waals surface area (Å²) in [6, 6.07) is 15.0. The van der Waals surface area contributed by atoms with Crippen LogP contribution in [0.4, 0.5) is 5.69 Å². The molecule has 6 heteroatoms. The van der Waals surface area contributed by atoms with Crippen LogP contribution in [0.15, 0.2) is 59.5 Å². The lowest BCUT2D eigenvalue weighted by molar-refractivity contribution is 0.0915. The first-order valence-electron chi connectivity index (χ1n) is 9.91. The molecule has 0 saturated heterocycles. The van der Waals surface area contributed by atoms with E-state index in [0.717, 1.165) is 11.8 Å². The first-order chi connectivity index (χ1) is 13.4. The van der Waals surface area contributed by atoms with E-state index < -0.39 is 10.0 Å². The van der Waals surface area contributed by atoms with Gasteiger partial charge in [0.1, 0.15) is 0 Å². The predicted octanol–water partition coefficient (Wildman–Crippen LogP) is 4.04. The third-order valence-electron chi connectivity index (χ3n) is 6.25. The number of fused-ring (bicyclic) bond motifs is 2. The van der Waals surface area contributed by atoms with Crippen molar-refractivity contribution in [3.63, 3.8) is 0 Å². The summed E-state index contributed by atoms with van der Waals surface area (Å²) >= 11 is 0. The molecule has 2 saturated carbocycles. The van der Waals surface area contributed by atoms with Crippen LogP contribution in [0.2, 0.25) is 0 Å². The molecule has 5 nitrogen and oxygen atoms in total. The second kappa shape index (κ2) is 7.59. The van der Waals surface area contributed by atoms with Gasteiger partial charge in [0.2, 0.25) is 0 Å². The second-order valence-electron chi connectivity index (χ2n) is 8.10. The number of para-hydroxylation sites is 1. The van der Waals surface area contributed by atoms with Gasteiger partial charge in [-0.3, -0.25) is 9.52 Å². The Hall–Kier alpha value is -2.34. The number of rotatable bonds is 6. The summed E-state index contributed by atoms with van der Waals surface area (Å²) in [7, 11) is -3.68. The largest absolute Gasteiger partial charge is 0.349 e. The fraction of sp³-hybridized carbons (Fsp3) is 0.409. The molecule has 4 atom stereocenters. The molecule has 2 aliphatic rings. The van der Waals surface area contributed by atoms with Crippen LogP contribution in [0.5, 0.6) is 0 Å². The van der Waals surface area contributed by atoms with Crippen molar-refractivity contribution in [3.05, 3.63) is 60.2 Å². The van der Waals surface area contributed by atoms with Crippen molar-refractivity contribution in [1.29, 1.82) is 0 Å². The normalized spacial score (nSPS) is 24.7. The average Bonchev–Trinajstić information content (AvgIpc) is 3.32. The van der Waals surface area contributed by atoms with Crippen molar-refractivity contribution < 1.29 is 13.2 Å². The van der Waals surface area contributed by atoms with Crippen LogP contribution in [0.1, 0.15) is 43.0 Å². The van der Waals surface area contributed by atoms with Gasteiger partial charge in [0.25, 0.3) is 15.9 Å². The van der Waals surface area contributed by atoms with Crippen molar-refractivity contribution in [2.24, 2.45) is 17.8 Å². The van der Waals surface area contributed by atoms with Crippen LogP contribution in [0.25, 0.3) is 0 Å². The molecule has 2 fully saturated rings. The van der Waals surface area contributed by atoms with E-state index in [1.54, 1.807) is 36.4 Å². The second-order valence-corrected chi connectivity index (χ2v) is 9.78. The molecule has 2 aromatic rings. The van der Waals surface area contributed by atoms with Gasteiger partial charge in [0, 0.05) is 17.3 Å². The van der Waals surface area contributed by atoms with E-state index in [4.69, 9.17) is 0 Å². The minimum Gasteiger partial charge on any atom is -0.349 e. The molecule has 0 aromatic heterocycles. The lowest BCUT2D eigenvalue weighted by Gasteiger charge is -2.28. The maximum atomic E-state index is 12.6. The highest BCUT2D eigenvalue weighted by Crippen LogP contribution is 2.49. The Labute approximate surface area is 166 Å². The Balaban J connectivity index is 1.40. The smallest absolute Gasteiger partial charge is 0.261 e. The molecule has 2 bridgehead atoms. The van der Waals surface area contributed by atoms with E-state index in [1.807, 2.05) is 6.07 Å². The number of nitrogens with one attached hydrogen (secondary N) is 2. The number of hydrogen-bond donors (Lipinski definition) is 2. The SMILES string of the molecule is CC(NC(=O)c1ccc(S(=O)(=O)Nc2ccccc2)cc1)C1CC2CCC1C2. The average molecular weight is 399 g/mol. The number of anilines is 1. The Morgan fingerprint density at radius 3 is 2.32 bits per heavy atom. The van der Waals surface area contributed by atoms with Crippen LogP contribution in [0.3, 0.4) is 0 Å². The van der Waals surface area contributed by atoms with Crippen LogP contribution in [0, 0.1) is 17.8 Å². The van der Waals surface area contributed by atoms with E-state index in [9.17, 15) is 13.2 Å². The fourth-order valence-electron chi connectivity index (χ4n) is 4.81. The van der Waals surface area contributed by atoms with E-state index >= 15 is 0 Å². The van der Waals surface area contributed by atoms with Crippen molar-refractivity contribution in [2.45, 2.75) is 43.5 Å². The zero-order valence-corrected chi connectivity index (χ0v) is 16.8. The third kappa shape index (κ3) is 3.92. The lowest BCUT2D eigenvalue weighted by atomic mass is 9.84. The minimum atomic E-state index is -3.68. The van der Waals surface area contributed by atoms with E-state index in [-0.39, 0.29) is 16.8 Å². The van der Waals surface area contributed by atoms with Gasteiger partial charge in [-0.2, -0.15) is 0 Å². The summed E-state index contributed by atoms with van der Waals surface area (Å²) in [5, 5.41) is 3.12. The van der Waals surface area contributed by atoms with Gasteiger partial charge >= 0.3 is 0 Å². The minimum absolute atomic E-state index is 0.133. The van der Waals surface area contributed by atoms with Crippen molar-refractivity contribution in [2.75, 3.05) is 4.72 Å². The van der Waals surface area contributed by atoms with Gasteiger partial charge in [-0.25, -0.2) is 8.42 Å².